The minimum absolute atomic E-state index is 0.116. The molecule has 1 fully saturated rings. The van der Waals surface area contributed by atoms with E-state index in [0.717, 1.165) is 16.9 Å². The topological polar surface area (TPSA) is 69.6 Å². The SMILES string of the molecule is Cc1ccc([C@@H](NC(=O)CN2CCC[C@@H]2C(=O)O)c2cccs2)cc1. The van der Waals surface area contributed by atoms with Crippen molar-refractivity contribution in [3.8, 4) is 0 Å². The summed E-state index contributed by atoms with van der Waals surface area (Å²) < 4.78 is 0. The summed E-state index contributed by atoms with van der Waals surface area (Å²) in [4.78, 5) is 26.7. The maximum atomic E-state index is 12.6. The highest BCUT2D eigenvalue weighted by Gasteiger charge is 2.32. The number of nitrogens with one attached hydrogen (secondary N) is 1. The van der Waals surface area contributed by atoms with Gasteiger partial charge in [-0.3, -0.25) is 14.5 Å². The summed E-state index contributed by atoms with van der Waals surface area (Å²) in [5, 5.41) is 14.3. The number of carboxylic acid groups (broad SMARTS) is 1. The largest absolute Gasteiger partial charge is 0.480 e. The van der Waals surface area contributed by atoms with Crippen LogP contribution in [0.5, 0.6) is 0 Å². The second-order valence-electron chi connectivity index (χ2n) is 6.39. The van der Waals surface area contributed by atoms with Gasteiger partial charge in [0, 0.05) is 4.88 Å². The van der Waals surface area contributed by atoms with E-state index in [1.165, 1.54) is 5.56 Å². The van der Waals surface area contributed by atoms with Crippen LogP contribution in [-0.4, -0.2) is 41.0 Å². The zero-order chi connectivity index (χ0) is 17.8. The van der Waals surface area contributed by atoms with Gasteiger partial charge < -0.3 is 10.4 Å². The van der Waals surface area contributed by atoms with E-state index < -0.39 is 12.0 Å². The molecule has 132 valence electrons. The third-order valence-corrected chi connectivity index (χ3v) is 5.48. The molecule has 1 saturated heterocycles. The van der Waals surface area contributed by atoms with Gasteiger partial charge >= 0.3 is 5.97 Å². The first-order valence-corrected chi connectivity index (χ1v) is 9.29. The Morgan fingerprint density at radius 1 is 1.32 bits per heavy atom. The van der Waals surface area contributed by atoms with Crippen LogP contribution in [0.15, 0.2) is 41.8 Å². The first-order valence-electron chi connectivity index (χ1n) is 8.41. The van der Waals surface area contributed by atoms with Gasteiger partial charge in [0.2, 0.25) is 5.91 Å². The molecule has 0 saturated carbocycles. The van der Waals surface area contributed by atoms with Crippen LogP contribution < -0.4 is 5.32 Å². The number of aryl methyl sites for hydroxylation is 1. The molecule has 0 bridgehead atoms. The highest BCUT2D eigenvalue weighted by atomic mass is 32.1. The second-order valence-corrected chi connectivity index (χ2v) is 7.37. The molecular formula is C19H22N2O3S. The van der Waals surface area contributed by atoms with E-state index in [4.69, 9.17) is 0 Å². The Hall–Kier alpha value is -2.18. The number of aliphatic carboxylic acids is 1. The number of carbonyl (C=O) groups is 2. The molecule has 6 heteroatoms. The van der Waals surface area contributed by atoms with Crippen molar-refractivity contribution in [2.24, 2.45) is 0 Å². The Bertz CT molecular complexity index is 728. The van der Waals surface area contributed by atoms with Gasteiger partial charge in [0.05, 0.1) is 12.6 Å². The summed E-state index contributed by atoms with van der Waals surface area (Å²) in [6, 6.07) is 11.3. The van der Waals surface area contributed by atoms with Gasteiger partial charge in [-0.15, -0.1) is 11.3 Å². The van der Waals surface area contributed by atoms with E-state index in [-0.39, 0.29) is 18.5 Å². The Labute approximate surface area is 151 Å². The van der Waals surface area contributed by atoms with Crippen LogP contribution in [0.25, 0.3) is 0 Å². The number of rotatable bonds is 6. The van der Waals surface area contributed by atoms with Gasteiger partial charge in [0.1, 0.15) is 6.04 Å². The molecule has 0 unspecified atom stereocenters. The summed E-state index contributed by atoms with van der Waals surface area (Å²) in [6.45, 7) is 2.80. The van der Waals surface area contributed by atoms with Crippen molar-refractivity contribution >= 4 is 23.2 Å². The van der Waals surface area contributed by atoms with Crippen LogP contribution in [0.3, 0.4) is 0 Å². The van der Waals surface area contributed by atoms with Gasteiger partial charge in [-0.25, -0.2) is 0 Å². The zero-order valence-corrected chi connectivity index (χ0v) is 15.0. The number of carbonyl (C=O) groups excluding carboxylic acids is 1. The summed E-state index contributed by atoms with van der Waals surface area (Å²) in [6.07, 6.45) is 1.42. The molecule has 0 spiro atoms. The van der Waals surface area contributed by atoms with Crippen LogP contribution in [0.4, 0.5) is 0 Å². The van der Waals surface area contributed by atoms with Crippen LogP contribution in [0, 0.1) is 6.92 Å². The molecule has 25 heavy (non-hydrogen) atoms. The zero-order valence-electron chi connectivity index (χ0n) is 14.1. The second kappa shape index (κ2) is 7.80. The smallest absolute Gasteiger partial charge is 0.320 e. The number of carboxylic acids is 1. The molecule has 2 atom stereocenters. The van der Waals surface area contributed by atoms with E-state index in [9.17, 15) is 14.7 Å². The molecule has 1 aromatic heterocycles. The number of hydrogen-bond donors (Lipinski definition) is 2. The van der Waals surface area contributed by atoms with Crippen molar-refractivity contribution in [1.29, 1.82) is 0 Å². The maximum absolute atomic E-state index is 12.6. The van der Waals surface area contributed by atoms with E-state index in [2.05, 4.69) is 5.32 Å². The number of nitrogens with zero attached hydrogens (tertiary/aromatic N) is 1. The number of likely N-dealkylation sites (tertiary alicyclic amines) is 1. The lowest BCUT2D eigenvalue weighted by Gasteiger charge is -2.23. The Morgan fingerprint density at radius 2 is 2.08 bits per heavy atom. The van der Waals surface area contributed by atoms with Crippen molar-refractivity contribution in [2.45, 2.75) is 31.8 Å². The molecule has 5 nitrogen and oxygen atoms in total. The lowest BCUT2D eigenvalue weighted by Crippen LogP contribution is -2.43. The highest BCUT2D eigenvalue weighted by molar-refractivity contribution is 7.10. The lowest BCUT2D eigenvalue weighted by atomic mass is 10.0. The van der Waals surface area contributed by atoms with Crippen LogP contribution in [0.2, 0.25) is 0 Å². The first-order chi connectivity index (χ1) is 12.0. The quantitative estimate of drug-likeness (QED) is 0.833. The summed E-state index contributed by atoms with van der Waals surface area (Å²) in [5.41, 5.74) is 2.19. The van der Waals surface area contributed by atoms with Gasteiger partial charge in [0.15, 0.2) is 0 Å². The van der Waals surface area contributed by atoms with E-state index in [1.54, 1.807) is 16.2 Å². The van der Waals surface area contributed by atoms with Crippen LogP contribution >= 0.6 is 11.3 Å². The van der Waals surface area contributed by atoms with Gasteiger partial charge in [-0.05, 0) is 43.3 Å². The van der Waals surface area contributed by atoms with E-state index in [1.807, 2.05) is 48.7 Å². The van der Waals surface area contributed by atoms with Crippen LogP contribution in [-0.2, 0) is 9.59 Å². The predicted molar refractivity (Wildman–Crippen MR) is 97.7 cm³/mol. The standard InChI is InChI=1S/C19H22N2O3S/c1-13-6-8-14(9-7-13)18(16-5-3-11-25-16)20-17(22)12-21-10-2-4-15(21)19(23)24/h3,5-9,11,15,18H,2,4,10,12H2,1H3,(H,20,22)(H,23,24)/t15-,18-/m1/s1. The van der Waals surface area contributed by atoms with Gasteiger partial charge in [0.25, 0.3) is 0 Å². The van der Waals surface area contributed by atoms with Crippen molar-refractivity contribution in [1.82, 2.24) is 10.2 Å². The number of benzene rings is 1. The van der Waals surface area contributed by atoms with Crippen molar-refractivity contribution < 1.29 is 14.7 Å². The van der Waals surface area contributed by atoms with Crippen molar-refractivity contribution in [3.63, 3.8) is 0 Å². The highest BCUT2D eigenvalue weighted by Crippen LogP contribution is 2.26. The average Bonchev–Trinajstić information content (AvgIpc) is 3.25. The molecule has 0 aliphatic carbocycles. The molecule has 2 heterocycles. The number of thiophene rings is 1. The Balaban J connectivity index is 1.73. The summed E-state index contributed by atoms with van der Waals surface area (Å²) in [7, 11) is 0. The third kappa shape index (κ3) is 4.27. The Kier molecular flexibility index (Phi) is 5.50. The molecule has 1 aliphatic heterocycles. The average molecular weight is 358 g/mol. The predicted octanol–water partition coefficient (Wildman–Crippen LogP) is 2.81. The molecule has 1 aromatic carbocycles. The van der Waals surface area contributed by atoms with Crippen molar-refractivity contribution in [2.75, 3.05) is 13.1 Å². The van der Waals surface area contributed by atoms with Gasteiger partial charge in [-0.2, -0.15) is 0 Å². The van der Waals surface area contributed by atoms with E-state index >= 15 is 0 Å². The molecular weight excluding hydrogens is 336 g/mol. The lowest BCUT2D eigenvalue weighted by molar-refractivity contribution is -0.142. The van der Waals surface area contributed by atoms with Crippen molar-refractivity contribution in [3.05, 3.63) is 57.8 Å². The minimum Gasteiger partial charge on any atom is -0.480 e. The maximum Gasteiger partial charge on any atom is 0.320 e. The molecule has 1 amide bonds. The molecule has 2 aromatic rings. The fraction of sp³-hybridized carbons (Fsp3) is 0.368. The van der Waals surface area contributed by atoms with Crippen LogP contribution in [0.1, 0.15) is 34.9 Å². The van der Waals surface area contributed by atoms with Gasteiger partial charge in [-0.1, -0.05) is 35.9 Å². The number of hydrogen-bond acceptors (Lipinski definition) is 4. The Morgan fingerprint density at radius 3 is 2.72 bits per heavy atom. The fourth-order valence-corrected chi connectivity index (χ4v) is 4.02. The summed E-state index contributed by atoms with van der Waals surface area (Å²) in [5.74, 6) is -0.995. The minimum atomic E-state index is -0.848. The molecule has 3 rings (SSSR count). The third-order valence-electron chi connectivity index (χ3n) is 4.54. The van der Waals surface area contributed by atoms with E-state index in [0.29, 0.717) is 13.0 Å². The first kappa shape index (κ1) is 17.6. The monoisotopic (exact) mass is 358 g/mol. The molecule has 1 aliphatic rings. The fourth-order valence-electron chi connectivity index (χ4n) is 3.22. The molecule has 0 radical (unpaired) electrons. The molecule has 2 N–H and O–H groups in total. The summed E-state index contributed by atoms with van der Waals surface area (Å²) >= 11 is 1.60. The number of amides is 1. The normalized spacial score (nSPS) is 18.8.